The summed E-state index contributed by atoms with van der Waals surface area (Å²) in [5.41, 5.74) is 5.94. The van der Waals surface area contributed by atoms with Gasteiger partial charge in [0.25, 0.3) is 0 Å². The minimum absolute atomic E-state index is 0.00376. The number of ether oxygens (including phenoxy) is 1. The molecular weight excluding hydrogens is 240 g/mol. The van der Waals surface area contributed by atoms with Gasteiger partial charge in [0, 0.05) is 25.3 Å². The molecule has 0 aromatic rings. The van der Waals surface area contributed by atoms with Gasteiger partial charge in [0.1, 0.15) is 0 Å². The molecule has 0 spiro atoms. The molecule has 0 bridgehead atoms. The number of amides is 1. The van der Waals surface area contributed by atoms with Crippen molar-refractivity contribution in [3.8, 4) is 0 Å². The van der Waals surface area contributed by atoms with Crippen LogP contribution in [0.25, 0.3) is 0 Å². The summed E-state index contributed by atoms with van der Waals surface area (Å²) < 4.78 is 5.35. The molecule has 1 saturated carbocycles. The summed E-state index contributed by atoms with van der Waals surface area (Å²) in [6.07, 6.45) is 7.52. The van der Waals surface area contributed by atoms with Gasteiger partial charge in [-0.3, -0.25) is 4.79 Å². The van der Waals surface area contributed by atoms with Crippen LogP contribution < -0.4 is 11.1 Å². The summed E-state index contributed by atoms with van der Waals surface area (Å²) in [5.74, 6) is 0.873. The number of carbonyl (C=O) groups excluding carboxylic acids is 1. The standard InChI is InChI=1S/C15H28N2O2/c1-15(16)8-3-2-4-13(15)14(18)17-9-5-12-6-10-19-11-7-12/h12-13H,2-11,16H2,1H3,(H,17,18). The molecule has 1 aliphatic heterocycles. The Morgan fingerprint density at radius 1 is 1.32 bits per heavy atom. The largest absolute Gasteiger partial charge is 0.381 e. The number of rotatable bonds is 4. The predicted molar refractivity (Wildman–Crippen MR) is 75.7 cm³/mol. The summed E-state index contributed by atoms with van der Waals surface area (Å²) in [6, 6.07) is 0. The lowest BCUT2D eigenvalue weighted by Crippen LogP contribution is -2.53. The van der Waals surface area contributed by atoms with Crippen LogP contribution in [0.5, 0.6) is 0 Å². The summed E-state index contributed by atoms with van der Waals surface area (Å²) in [5, 5.41) is 3.10. The lowest BCUT2D eigenvalue weighted by molar-refractivity contribution is -0.128. The molecule has 4 nitrogen and oxygen atoms in total. The van der Waals surface area contributed by atoms with Gasteiger partial charge in [-0.1, -0.05) is 12.8 Å². The van der Waals surface area contributed by atoms with E-state index in [1.807, 2.05) is 6.92 Å². The Morgan fingerprint density at radius 2 is 2.05 bits per heavy atom. The fourth-order valence-corrected chi connectivity index (χ4v) is 3.35. The average molecular weight is 268 g/mol. The zero-order valence-corrected chi connectivity index (χ0v) is 12.1. The maximum Gasteiger partial charge on any atom is 0.224 e. The molecule has 3 N–H and O–H groups in total. The van der Waals surface area contributed by atoms with Crippen LogP contribution in [-0.2, 0) is 9.53 Å². The zero-order chi connectivity index (χ0) is 13.7. The first-order valence-electron chi connectivity index (χ1n) is 7.74. The van der Waals surface area contributed by atoms with Gasteiger partial charge in [-0.25, -0.2) is 0 Å². The minimum atomic E-state index is -0.318. The zero-order valence-electron chi connectivity index (χ0n) is 12.1. The van der Waals surface area contributed by atoms with Gasteiger partial charge in [-0.05, 0) is 44.9 Å². The van der Waals surface area contributed by atoms with E-state index in [9.17, 15) is 4.79 Å². The predicted octanol–water partition coefficient (Wildman–Crippen LogP) is 1.83. The Hall–Kier alpha value is -0.610. The fraction of sp³-hybridized carbons (Fsp3) is 0.933. The van der Waals surface area contributed by atoms with Gasteiger partial charge in [0.2, 0.25) is 5.91 Å². The Bertz CT molecular complexity index is 299. The fourth-order valence-electron chi connectivity index (χ4n) is 3.35. The van der Waals surface area contributed by atoms with E-state index in [0.29, 0.717) is 5.92 Å². The van der Waals surface area contributed by atoms with Crippen LogP contribution in [0.4, 0.5) is 0 Å². The first-order valence-corrected chi connectivity index (χ1v) is 7.74. The molecule has 2 aliphatic rings. The molecule has 4 heteroatoms. The molecule has 2 unspecified atom stereocenters. The molecule has 1 heterocycles. The second-order valence-electron chi connectivity index (χ2n) is 6.44. The van der Waals surface area contributed by atoms with Crippen LogP contribution in [0.15, 0.2) is 0 Å². The Labute approximate surface area is 116 Å². The number of hydrogen-bond acceptors (Lipinski definition) is 3. The van der Waals surface area contributed by atoms with E-state index in [0.717, 1.165) is 64.7 Å². The molecule has 1 aliphatic carbocycles. The van der Waals surface area contributed by atoms with Gasteiger partial charge in [0.05, 0.1) is 5.92 Å². The molecule has 1 saturated heterocycles. The summed E-state index contributed by atoms with van der Waals surface area (Å²) in [7, 11) is 0. The summed E-state index contributed by atoms with van der Waals surface area (Å²) in [4.78, 5) is 12.2. The van der Waals surface area contributed by atoms with Crippen LogP contribution in [0.2, 0.25) is 0 Å². The Morgan fingerprint density at radius 3 is 2.74 bits per heavy atom. The molecule has 110 valence electrons. The van der Waals surface area contributed by atoms with Crippen molar-refractivity contribution in [1.82, 2.24) is 5.32 Å². The van der Waals surface area contributed by atoms with Crippen molar-refractivity contribution in [2.75, 3.05) is 19.8 Å². The van der Waals surface area contributed by atoms with Gasteiger partial charge < -0.3 is 15.8 Å². The molecule has 1 amide bonds. The summed E-state index contributed by atoms with van der Waals surface area (Å²) in [6.45, 7) is 4.56. The number of nitrogens with one attached hydrogen (secondary N) is 1. The van der Waals surface area contributed by atoms with Crippen LogP contribution in [0, 0.1) is 11.8 Å². The molecule has 19 heavy (non-hydrogen) atoms. The molecular formula is C15H28N2O2. The van der Waals surface area contributed by atoms with Gasteiger partial charge >= 0.3 is 0 Å². The van der Waals surface area contributed by atoms with E-state index in [2.05, 4.69) is 5.32 Å². The molecule has 2 atom stereocenters. The van der Waals surface area contributed by atoms with Crippen LogP contribution in [-0.4, -0.2) is 31.2 Å². The maximum absolute atomic E-state index is 12.2. The van der Waals surface area contributed by atoms with Crippen molar-refractivity contribution < 1.29 is 9.53 Å². The van der Waals surface area contributed by atoms with Crippen molar-refractivity contribution in [3.05, 3.63) is 0 Å². The van der Waals surface area contributed by atoms with Crippen LogP contribution >= 0.6 is 0 Å². The highest BCUT2D eigenvalue weighted by Gasteiger charge is 2.37. The van der Waals surface area contributed by atoms with E-state index in [1.165, 1.54) is 0 Å². The Balaban J connectivity index is 1.71. The first kappa shape index (κ1) is 14.8. The SMILES string of the molecule is CC1(N)CCCCC1C(=O)NCCC1CCOCC1. The second-order valence-corrected chi connectivity index (χ2v) is 6.44. The molecule has 0 radical (unpaired) electrons. The van der Waals surface area contributed by atoms with E-state index in [4.69, 9.17) is 10.5 Å². The van der Waals surface area contributed by atoms with E-state index in [1.54, 1.807) is 0 Å². The number of hydrogen-bond donors (Lipinski definition) is 2. The highest BCUT2D eigenvalue weighted by atomic mass is 16.5. The number of carbonyl (C=O) groups is 1. The lowest BCUT2D eigenvalue weighted by Gasteiger charge is -2.37. The van der Waals surface area contributed by atoms with Crippen molar-refractivity contribution in [3.63, 3.8) is 0 Å². The van der Waals surface area contributed by atoms with Crippen molar-refractivity contribution >= 4 is 5.91 Å². The van der Waals surface area contributed by atoms with Gasteiger partial charge in [-0.15, -0.1) is 0 Å². The monoisotopic (exact) mass is 268 g/mol. The summed E-state index contributed by atoms with van der Waals surface area (Å²) >= 11 is 0. The van der Waals surface area contributed by atoms with E-state index >= 15 is 0 Å². The first-order chi connectivity index (χ1) is 9.09. The smallest absolute Gasteiger partial charge is 0.224 e. The van der Waals surface area contributed by atoms with Crippen molar-refractivity contribution in [2.45, 2.75) is 57.4 Å². The highest BCUT2D eigenvalue weighted by molar-refractivity contribution is 5.80. The van der Waals surface area contributed by atoms with Crippen molar-refractivity contribution in [2.24, 2.45) is 17.6 Å². The highest BCUT2D eigenvalue weighted by Crippen LogP contribution is 2.31. The molecule has 0 aromatic heterocycles. The minimum Gasteiger partial charge on any atom is -0.381 e. The lowest BCUT2D eigenvalue weighted by atomic mass is 9.74. The van der Waals surface area contributed by atoms with Gasteiger partial charge in [-0.2, -0.15) is 0 Å². The van der Waals surface area contributed by atoms with Gasteiger partial charge in [0.15, 0.2) is 0 Å². The second kappa shape index (κ2) is 6.71. The average Bonchev–Trinajstić information content (AvgIpc) is 2.39. The van der Waals surface area contributed by atoms with E-state index < -0.39 is 0 Å². The molecule has 2 rings (SSSR count). The van der Waals surface area contributed by atoms with E-state index in [-0.39, 0.29) is 17.4 Å². The number of nitrogens with two attached hydrogens (primary N) is 1. The van der Waals surface area contributed by atoms with Crippen LogP contribution in [0.1, 0.15) is 51.9 Å². The van der Waals surface area contributed by atoms with Crippen molar-refractivity contribution in [1.29, 1.82) is 0 Å². The normalized spacial score (nSPS) is 33.1. The maximum atomic E-state index is 12.2. The van der Waals surface area contributed by atoms with Crippen LogP contribution in [0.3, 0.4) is 0 Å². The quantitative estimate of drug-likeness (QED) is 0.817. The third-order valence-electron chi connectivity index (χ3n) is 4.76. The topological polar surface area (TPSA) is 64.4 Å². The molecule has 2 fully saturated rings. The third kappa shape index (κ3) is 4.18. The molecule has 0 aromatic carbocycles. The Kier molecular flexibility index (Phi) is 5.22. The third-order valence-corrected chi connectivity index (χ3v) is 4.76.